The van der Waals surface area contributed by atoms with Gasteiger partial charge in [0.2, 0.25) is 0 Å². The Hall–Kier alpha value is -3.02. The SMILES string of the molecule is COc1ccc(OC)c(NC(=O)c2ccc(C(=O)NCCC(C)C)cc2)c1. The standard InChI is InChI=1S/C21H26N2O4/c1-14(2)11-12-22-20(24)15-5-7-16(8-6-15)21(25)23-18-13-17(26-3)9-10-19(18)27-4/h5-10,13-14H,11-12H2,1-4H3,(H,22,24)(H,23,25). The van der Waals surface area contributed by atoms with Crippen LogP contribution in [0.1, 0.15) is 41.0 Å². The first-order valence-electron chi connectivity index (χ1n) is 8.86. The van der Waals surface area contributed by atoms with Crippen molar-refractivity contribution < 1.29 is 19.1 Å². The van der Waals surface area contributed by atoms with E-state index in [1.165, 1.54) is 7.11 Å². The fourth-order valence-corrected chi connectivity index (χ4v) is 2.46. The molecule has 0 heterocycles. The second kappa shape index (κ2) is 9.62. The first kappa shape index (κ1) is 20.3. The molecule has 0 bridgehead atoms. The van der Waals surface area contributed by atoms with Gasteiger partial charge in [0.15, 0.2) is 0 Å². The van der Waals surface area contributed by atoms with Crippen LogP contribution in [0.25, 0.3) is 0 Å². The van der Waals surface area contributed by atoms with Gasteiger partial charge in [-0.05, 0) is 48.7 Å². The van der Waals surface area contributed by atoms with E-state index in [2.05, 4.69) is 24.5 Å². The molecule has 0 aliphatic heterocycles. The lowest BCUT2D eigenvalue weighted by Crippen LogP contribution is -2.25. The predicted molar refractivity (Wildman–Crippen MR) is 106 cm³/mol. The maximum atomic E-state index is 12.5. The number of carbonyl (C=O) groups is 2. The highest BCUT2D eigenvalue weighted by molar-refractivity contribution is 6.05. The van der Waals surface area contributed by atoms with Crippen LogP contribution < -0.4 is 20.1 Å². The maximum absolute atomic E-state index is 12.5. The van der Waals surface area contributed by atoms with Crippen molar-refractivity contribution in [2.24, 2.45) is 5.92 Å². The third-order valence-corrected chi connectivity index (χ3v) is 4.07. The highest BCUT2D eigenvalue weighted by Gasteiger charge is 2.12. The molecule has 6 heteroatoms. The summed E-state index contributed by atoms with van der Waals surface area (Å²) < 4.78 is 10.4. The minimum absolute atomic E-state index is 0.142. The van der Waals surface area contributed by atoms with Crippen LogP contribution in [-0.4, -0.2) is 32.6 Å². The summed E-state index contributed by atoms with van der Waals surface area (Å²) in [7, 11) is 3.09. The lowest BCUT2D eigenvalue weighted by Gasteiger charge is -2.12. The molecule has 0 saturated carbocycles. The summed E-state index contributed by atoms with van der Waals surface area (Å²) in [5.41, 5.74) is 1.48. The molecule has 0 spiro atoms. The van der Waals surface area contributed by atoms with E-state index in [0.29, 0.717) is 40.8 Å². The number of carbonyl (C=O) groups excluding carboxylic acids is 2. The van der Waals surface area contributed by atoms with Gasteiger partial charge < -0.3 is 20.1 Å². The number of nitrogens with one attached hydrogen (secondary N) is 2. The average Bonchev–Trinajstić information content (AvgIpc) is 2.67. The molecule has 0 atom stereocenters. The van der Waals surface area contributed by atoms with E-state index in [-0.39, 0.29) is 11.8 Å². The zero-order chi connectivity index (χ0) is 19.8. The van der Waals surface area contributed by atoms with E-state index in [9.17, 15) is 9.59 Å². The fraction of sp³-hybridized carbons (Fsp3) is 0.333. The quantitative estimate of drug-likeness (QED) is 0.742. The number of hydrogen-bond acceptors (Lipinski definition) is 4. The van der Waals surface area contributed by atoms with Gasteiger partial charge in [-0.3, -0.25) is 9.59 Å². The number of rotatable bonds is 8. The van der Waals surface area contributed by atoms with Crippen molar-refractivity contribution in [3.63, 3.8) is 0 Å². The van der Waals surface area contributed by atoms with E-state index >= 15 is 0 Å². The zero-order valence-electron chi connectivity index (χ0n) is 16.2. The molecule has 2 amide bonds. The smallest absolute Gasteiger partial charge is 0.255 e. The Morgan fingerprint density at radius 3 is 2.11 bits per heavy atom. The molecular formula is C21H26N2O4. The number of anilines is 1. The molecule has 0 unspecified atom stereocenters. The summed E-state index contributed by atoms with van der Waals surface area (Å²) in [4.78, 5) is 24.6. The molecule has 144 valence electrons. The molecule has 6 nitrogen and oxygen atoms in total. The Kier molecular flexibility index (Phi) is 7.23. The minimum atomic E-state index is -0.298. The number of methoxy groups -OCH3 is 2. The molecule has 0 radical (unpaired) electrons. The maximum Gasteiger partial charge on any atom is 0.255 e. The van der Waals surface area contributed by atoms with E-state index in [4.69, 9.17) is 9.47 Å². The molecule has 0 aliphatic carbocycles. The van der Waals surface area contributed by atoms with Gasteiger partial charge >= 0.3 is 0 Å². The molecular weight excluding hydrogens is 344 g/mol. The first-order chi connectivity index (χ1) is 12.9. The van der Waals surface area contributed by atoms with E-state index < -0.39 is 0 Å². The lowest BCUT2D eigenvalue weighted by atomic mass is 10.1. The second-order valence-corrected chi connectivity index (χ2v) is 6.54. The number of hydrogen-bond donors (Lipinski definition) is 2. The number of amides is 2. The van der Waals surface area contributed by atoms with E-state index in [1.54, 1.807) is 49.6 Å². The van der Waals surface area contributed by atoms with Gasteiger partial charge in [0, 0.05) is 23.7 Å². The van der Waals surface area contributed by atoms with Crippen LogP contribution in [0.2, 0.25) is 0 Å². The van der Waals surface area contributed by atoms with Crippen LogP contribution in [0.4, 0.5) is 5.69 Å². The fourth-order valence-electron chi connectivity index (χ4n) is 2.46. The summed E-state index contributed by atoms with van der Waals surface area (Å²) in [5.74, 6) is 1.24. The van der Waals surface area contributed by atoms with Crippen LogP contribution in [0, 0.1) is 5.92 Å². The Labute approximate surface area is 159 Å². The Morgan fingerprint density at radius 1 is 0.926 bits per heavy atom. The van der Waals surface area contributed by atoms with Gasteiger partial charge in [0.25, 0.3) is 11.8 Å². The monoisotopic (exact) mass is 370 g/mol. The van der Waals surface area contributed by atoms with E-state index in [0.717, 1.165) is 6.42 Å². The largest absolute Gasteiger partial charge is 0.497 e. The van der Waals surface area contributed by atoms with Crippen molar-refractivity contribution in [1.82, 2.24) is 5.32 Å². The summed E-state index contributed by atoms with van der Waals surface area (Å²) in [5, 5.41) is 5.68. The first-order valence-corrected chi connectivity index (χ1v) is 8.86. The van der Waals surface area contributed by atoms with Crippen molar-refractivity contribution in [2.75, 3.05) is 26.1 Å². The number of benzene rings is 2. The van der Waals surface area contributed by atoms with Crippen LogP contribution in [0.15, 0.2) is 42.5 Å². The normalized spacial score (nSPS) is 10.4. The van der Waals surface area contributed by atoms with Gasteiger partial charge in [-0.1, -0.05) is 13.8 Å². The molecule has 0 fully saturated rings. The second-order valence-electron chi connectivity index (χ2n) is 6.54. The van der Waals surface area contributed by atoms with Crippen molar-refractivity contribution >= 4 is 17.5 Å². The topological polar surface area (TPSA) is 76.7 Å². The van der Waals surface area contributed by atoms with Crippen molar-refractivity contribution in [3.8, 4) is 11.5 Å². The molecule has 0 aromatic heterocycles. The molecule has 2 aromatic carbocycles. The Bertz CT molecular complexity index is 785. The van der Waals surface area contributed by atoms with Gasteiger partial charge in [0.1, 0.15) is 11.5 Å². The molecule has 2 N–H and O–H groups in total. The lowest BCUT2D eigenvalue weighted by molar-refractivity contribution is 0.0950. The Balaban J connectivity index is 2.04. The molecule has 27 heavy (non-hydrogen) atoms. The van der Waals surface area contributed by atoms with Crippen LogP contribution in [0.3, 0.4) is 0 Å². The highest BCUT2D eigenvalue weighted by atomic mass is 16.5. The summed E-state index contributed by atoms with van der Waals surface area (Å²) >= 11 is 0. The average molecular weight is 370 g/mol. The summed E-state index contributed by atoms with van der Waals surface area (Å²) in [6.07, 6.45) is 0.925. The Morgan fingerprint density at radius 2 is 1.56 bits per heavy atom. The van der Waals surface area contributed by atoms with Crippen molar-refractivity contribution in [2.45, 2.75) is 20.3 Å². The molecule has 2 aromatic rings. The van der Waals surface area contributed by atoms with Gasteiger partial charge in [0.05, 0.1) is 19.9 Å². The van der Waals surface area contributed by atoms with Gasteiger partial charge in [-0.25, -0.2) is 0 Å². The minimum Gasteiger partial charge on any atom is -0.497 e. The molecule has 2 rings (SSSR count). The summed E-state index contributed by atoms with van der Waals surface area (Å²) in [6.45, 7) is 4.85. The highest BCUT2D eigenvalue weighted by Crippen LogP contribution is 2.29. The van der Waals surface area contributed by atoms with Crippen LogP contribution in [-0.2, 0) is 0 Å². The van der Waals surface area contributed by atoms with E-state index in [1.807, 2.05) is 0 Å². The third kappa shape index (κ3) is 5.74. The third-order valence-electron chi connectivity index (χ3n) is 4.07. The predicted octanol–water partition coefficient (Wildman–Crippen LogP) is 3.73. The summed E-state index contributed by atoms with van der Waals surface area (Å²) in [6, 6.07) is 11.7. The number of ether oxygens (including phenoxy) is 2. The van der Waals surface area contributed by atoms with Gasteiger partial charge in [-0.15, -0.1) is 0 Å². The van der Waals surface area contributed by atoms with Gasteiger partial charge in [-0.2, -0.15) is 0 Å². The van der Waals surface area contributed by atoms with Crippen molar-refractivity contribution in [1.29, 1.82) is 0 Å². The zero-order valence-corrected chi connectivity index (χ0v) is 16.2. The van der Waals surface area contributed by atoms with Crippen LogP contribution in [0.5, 0.6) is 11.5 Å². The molecule has 0 saturated heterocycles. The van der Waals surface area contributed by atoms with Crippen molar-refractivity contribution in [3.05, 3.63) is 53.6 Å². The van der Waals surface area contributed by atoms with Crippen LogP contribution >= 0.6 is 0 Å². The molecule has 0 aliphatic rings.